The number of nitrogens with zero attached hydrogens (tertiary/aromatic N) is 3. The number of azide groups is 1. The minimum atomic E-state index is -5.06. The zero-order valence-electron chi connectivity index (χ0n) is 34.8. The van der Waals surface area contributed by atoms with Crippen molar-refractivity contribution in [2.75, 3.05) is 44.7 Å². The van der Waals surface area contributed by atoms with Gasteiger partial charge >= 0.3 is 33.9 Å². The number of benzene rings is 1. The van der Waals surface area contributed by atoms with Crippen LogP contribution in [0.1, 0.15) is 90.0 Å². The number of ether oxygens (including phenoxy) is 1. The number of amides is 7. The summed E-state index contributed by atoms with van der Waals surface area (Å²) >= 11 is 0. The van der Waals surface area contributed by atoms with E-state index >= 15 is 0 Å². The van der Waals surface area contributed by atoms with Gasteiger partial charge in [-0.25, -0.2) is 23.5 Å². The number of carbonyl (C=O) groups excluding carboxylic acids is 5. The van der Waals surface area contributed by atoms with Crippen molar-refractivity contribution in [3.63, 3.8) is 0 Å². The maximum atomic E-state index is 13.4. The summed E-state index contributed by atoms with van der Waals surface area (Å²) in [5.74, 6) is -1.85. The first-order chi connectivity index (χ1) is 29.3. The molecule has 27 heteroatoms. The van der Waals surface area contributed by atoms with E-state index in [0.717, 1.165) is 0 Å². The number of primary amides is 1. The van der Waals surface area contributed by atoms with Gasteiger partial charge in [-0.1, -0.05) is 56.8 Å². The Hall–Kier alpha value is -4.99. The van der Waals surface area contributed by atoms with Crippen LogP contribution in [0.3, 0.4) is 0 Å². The van der Waals surface area contributed by atoms with Gasteiger partial charge in [0.15, 0.2) is 0 Å². The standard InChI is InChI=1S/C35H60N10O15P2/c1-25(2)30(44-29(46)13-7-6-9-20-41-45-37)32(48)43-28(12-11-19-38-33(36)49)31(47)42-27-16-14-26(15-17-27)24-57-35(52)40-21-23-59-62(55,56)60-61(53,54)58-22-10-5-3-4-8-18-39-34(50)51/h14-17,25,28,30,39H,3-13,18-24H2,1-2H3,(H,40,52)(H,42,47)(H,43,48)(H,44,46)(H,50,51)(H,53,54)(H,55,56)(H3,36,38,49). The predicted molar refractivity (Wildman–Crippen MR) is 223 cm³/mol. The van der Waals surface area contributed by atoms with Crippen molar-refractivity contribution in [2.24, 2.45) is 16.8 Å². The van der Waals surface area contributed by atoms with E-state index in [-0.39, 0.29) is 57.4 Å². The molecule has 0 bridgehead atoms. The van der Waals surface area contributed by atoms with Crippen molar-refractivity contribution in [2.45, 2.75) is 103 Å². The van der Waals surface area contributed by atoms with Crippen LogP contribution >= 0.6 is 15.6 Å². The molecule has 0 fully saturated rings. The van der Waals surface area contributed by atoms with E-state index in [1.54, 1.807) is 26.0 Å². The van der Waals surface area contributed by atoms with E-state index in [1.165, 1.54) is 12.1 Å². The number of hydrogen-bond acceptors (Lipinski definition) is 13. The average Bonchev–Trinajstić information content (AvgIpc) is 3.19. The van der Waals surface area contributed by atoms with Crippen LogP contribution in [0.25, 0.3) is 10.4 Å². The Balaban J connectivity index is 2.59. The molecule has 0 saturated carbocycles. The summed E-state index contributed by atoms with van der Waals surface area (Å²) in [6, 6.07) is 3.36. The van der Waals surface area contributed by atoms with E-state index in [1.807, 2.05) is 0 Å². The van der Waals surface area contributed by atoms with E-state index < -0.39 is 64.4 Å². The number of phosphoric acid groups is 2. The Bertz CT molecular complexity index is 1720. The minimum Gasteiger partial charge on any atom is -0.465 e. The highest BCUT2D eigenvalue weighted by Crippen LogP contribution is 2.60. The van der Waals surface area contributed by atoms with Crippen LogP contribution in [0.2, 0.25) is 0 Å². The van der Waals surface area contributed by atoms with Crippen molar-refractivity contribution in [3.8, 4) is 0 Å². The summed E-state index contributed by atoms with van der Waals surface area (Å²) in [6.07, 6.45) is 3.25. The van der Waals surface area contributed by atoms with Gasteiger partial charge in [0.2, 0.25) is 17.7 Å². The number of carboxylic acid groups (broad SMARTS) is 1. The van der Waals surface area contributed by atoms with Crippen LogP contribution in [0.4, 0.5) is 20.1 Å². The van der Waals surface area contributed by atoms with Gasteiger partial charge < -0.3 is 57.3 Å². The number of phosphoric ester groups is 2. The number of anilines is 1. The summed E-state index contributed by atoms with van der Waals surface area (Å²) in [4.78, 5) is 95.2. The fraction of sp³-hybridized carbons (Fsp3) is 0.657. The van der Waals surface area contributed by atoms with E-state index in [9.17, 15) is 47.7 Å². The van der Waals surface area contributed by atoms with E-state index in [4.69, 9.17) is 21.1 Å². The molecule has 0 aromatic heterocycles. The number of carbonyl (C=O) groups is 6. The molecular weight excluding hydrogens is 862 g/mol. The summed E-state index contributed by atoms with van der Waals surface area (Å²) < 4.78 is 42.8. The third-order valence-corrected chi connectivity index (χ3v) is 11.0. The van der Waals surface area contributed by atoms with Crippen molar-refractivity contribution >= 4 is 57.3 Å². The highest BCUT2D eigenvalue weighted by molar-refractivity contribution is 7.61. The quantitative estimate of drug-likeness (QED) is 0.0155. The van der Waals surface area contributed by atoms with Crippen molar-refractivity contribution < 1.29 is 70.9 Å². The number of alkyl carbamates (subject to hydrolysis) is 1. The largest absolute Gasteiger partial charge is 0.481 e. The first-order valence-electron chi connectivity index (χ1n) is 19.9. The second kappa shape index (κ2) is 30.9. The Morgan fingerprint density at radius 2 is 1.42 bits per heavy atom. The number of rotatable bonds is 33. The van der Waals surface area contributed by atoms with Crippen LogP contribution in [-0.4, -0.2) is 102 Å². The van der Waals surface area contributed by atoms with Crippen molar-refractivity contribution in [1.82, 2.24) is 26.6 Å². The highest BCUT2D eigenvalue weighted by atomic mass is 31.3. The van der Waals surface area contributed by atoms with Gasteiger partial charge in [0.1, 0.15) is 18.7 Å². The second-order valence-corrected chi connectivity index (χ2v) is 17.0. The number of unbranched alkanes of at least 4 members (excludes halogenated alkanes) is 6. The molecule has 0 aliphatic carbocycles. The van der Waals surface area contributed by atoms with Gasteiger partial charge in [-0.2, -0.15) is 4.31 Å². The number of nitrogens with two attached hydrogens (primary N) is 1. The molecule has 7 amide bonds. The van der Waals surface area contributed by atoms with Gasteiger partial charge in [0.25, 0.3) is 0 Å². The minimum absolute atomic E-state index is 0.105. The molecule has 0 spiro atoms. The Morgan fingerprint density at radius 3 is 2.06 bits per heavy atom. The van der Waals surface area contributed by atoms with Crippen LogP contribution in [0.15, 0.2) is 29.4 Å². The molecule has 25 nitrogen and oxygen atoms in total. The molecular formula is C35H60N10O15P2. The zero-order valence-corrected chi connectivity index (χ0v) is 36.6. The summed E-state index contributed by atoms with van der Waals surface area (Å²) in [5, 5.41) is 27.0. The van der Waals surface area contributed by atoms with Crippen LogP contribution in [-0.2, 0) is 48.2 Å². The molecule has 0 aliphatic rings. The maximum Gasteiger partial charge on any atom is 0.481 e. The molecule has 350 valence electrons. The lowest BCUT2D eigenvalue weighted by Gasteiger charge is -2.25. The van der Waals surface area contributed by atoms with Crippen molar-refractivity contribution in [3.05, 3.63) is 40.3 Å². The number of urea groups is 1. The molecule has 4 unspecified atom stereocenters. The first kappa shape index (κ1) is 55.0. The number of hydrogen-bond donors (Lipinski definition) is 10. The molecule has 62 heavy (non-hydrogen) atoms. The van der Waals surface area contributed by atoms with E-state index in [0.29, 0.717) is 75.7 Å². The molecule has 0 aliphatic heterocycles. The van der Waals surface area contributed by atoms with Gasteiger partial charge in [0.05, 0.1) is 13.2 Å². The molecule has 1 aromatic carbocycles. The zero-order chi connectivity index (χ0) is 46.4. The molecule has 1 rings (SSSR count). The average molecular weight is 923 g/mol. The molecule has 0 saturated heterocycles. The van der Waals surface area contributed by atoms with E-state index in [2.05, 4.69) is 55.3 Å². The molecule has 0 radical (unpaired) electrons. The summed E-state index contributed by atoms with van der Waals surface area (Å²) in [7, 11) is -10.0. The Morgan fingerprint density at radius 1 is 0.790 bits per heavy atom. The van der Waals surface area contributed by atoms with Gasteiger partial charge in [-0.3, -0.25) is 23.4 Å². The van der Waals surface area contributed by atoms with Crippen LogP contribution < -0.4 is 37.6 Å². The lowest BCUT2D eigenvalue weighted by atomic mass is 10.0. The second-order valence-electron chi connectivity index (χ2n) is 13.9. The fourth-order valence-corrected chi connectivity index (χ4v) is 7.36. The number of nitrogens with one attached hydrogen (secondary N) is 6. The van der Waals surface area contributed by atoms with Gasteiger partial charge in [0, 0.05) is 43.2 Å². The Labute approximate surface area is 359 Å². The summed E-state index contributed by atoms with van der Waals surface area (Å²) in [6.45, 7) is 2.82. The molecule has 1 aromatic rings. The first-order valence-corrected chi connectivity index (χ1v) is 22.9. The molecule has 4 atom stereocenters. The molecule has 0 heterocycles. The third-order valence-electron chi connectivity index (χ3n) is 8.37. The lowest BCUT2D eigenvalue weighted by molar-refractivity contribution is -0.132. The predicted octanol–water partition coefficient (Wildman–Crippen LogP) is 4.26. The third kappa shape index (κ3) is 27.8. The van der Waals surface area contributed by atoms with Crippen LogP contribution in [0.5, 0.6) is 0 Å². The lowest BCUT2D eigenvalue weighted by Crippen LogP contribution is -2.54. The van der Waals surface area contributed by atoms with Crippen LogP contribution in [0, 0.1) is 5.92 Å². The van der Waals surface area contributed by atoms with Gasteiger partial charge in [-0.05, 0) is 67.7 Å². The smallest absolute Gasteiger partial charge is 0.465 e. The van der Waals surface area contributed by atoms with Gasteiger partial charge in [-0.15, -0.1) is 0 Å². The summed E-state index contributed by atoms with van der Waals surface area (Å²) in [5.41, 5.74) is 14.3. The molecule has 11 N–H and O–H groups in total. The maximum absolute atomic E-state index is 13.4. The monoisotopic (exact) mass is 922 g/mol. The fourth-order valence-electron chi connectivity index (χ4n) is 5.26. The Kier molecular flexibility index (Phi) is 27.5. The topological polar surface area (TPSA) is 381 Å². The SMILES string of the molecule is CC(C)C(NC(=O)CCCCCN=[N+]=[N-])C(=O)NC(CCCNC(N)=O)C(=O)Nc1ccc(COC(=O)NCCOP(=O)(O)OP(=O)(O)OCCCCCCCNC(=O)O)cc1. The highest BCUT2D eigenvalue weighted by Gasteiger charge is 2.35. The van der Waals surface area contributed by atoms with Crippen molar-refractivity contribution in [1.29, 1.82) is 0 Å². The normalized spacial score (nSPS) is 13.8.